The number of aromatic nitrogens is 3. The molecule has 26 heavy (non-hydrogen) atoms. The molecule has 5 rings (SSSR count). The van der Waals surface area contributed by atoms with Gasteiger partial charge in [0, 0.05) is 36.6 Å². The zero-order valence-electron chi connectivity index (χ0n) is 14.1. The van der Waals surface area contributed by atoms with Gasteiger partial charge in [0.2, 0.25) is 5.91 Å². The number of carbonyl (C=O) groups excluding carboxylic acids is 1. The van der Waals surface area contributed by atoms with Gasteiger partial charge in [-0.1, -0.05) is 6.07 Å². The van der Waals surface area contributed by atoms with Gasteiger partial charge < -0.3 is 15.5 Å². The number of hydrogen-bond acceptors (Lipinski definition) is 6. The average Bonchev–Trinajstić information content (AvgIpc) is 2.59. The molecule has 7 nitrogen and oxygen atoms in total. The minimum absolute atomic E-state index is 0.0738. The van der Waals surface area contributed by atoms with Gasteiger partial charge in [0.05, 0.1) is 12.5 Å². The highest BCUT2D eigenvalue weighted by molar-refractivity contribution is 5.99. The lowest BCUT2D eigenvalue weighted by Crippen LogP contribution is -2.41. The Kier molecular flexibility index (Phi) is 3.44. The molecule has 2 N–H and O–H groups in total. The van der Waals surface area contributed by atoms with E-state index in [0.717, 1.165) is 35.2 Å². The highest BCUT2D eigenvalue weighted by Crippen LogP contribution is 2.37. The standard InChI is InChI=1S/C19H18N6O/c26-19-9-15(23-19)12-2-3-16(25-6-1-7-25)14-10-21-18(8-13(12)14)24-17-4-5-20-11-22-17/h2-5,8,10-11,15H,1,6-7,9H2,(H,23,26)(H,20,21,22,24). The van der Waals surface area contributed by atoms with Crippen molar-refractivity contribution < 1.29 is 4.79 Å². The maximum absolute atomic E-state index is 11.4. The molecule has 0 bridgehead atoms. The summed E-state index contributed by atoms with van der Waals surface area (Å²) in [7, 11) is 0. The van der Waals surface area contributed by atoms with E-state index >= 15 is 0 Å². The second kappa shape index (κ2) is 5.94. The Hall–Kier alpha value is -3.22. The van der Waals surface area contributed by atoms with Crippen molar-refractivity contribution in [3.05, 3.63) is 48.5 Å². The van der Waals surface area contributed by atoms with Gasteiger partial charge in [0.25, 0.3) is 0 Å². The van der Waals surface area contributed by atoms with Crippen molar-refractivity contribution >= 4 is 34.0 Å². The predicted octanol–water partition coefficient (Wildman–Crippen LogP) is 2.54. The molecule has 4 heterocycles. The highest BCUT2D eigenvalue weighted by atomic mass is 16.2. The third kappa shape index (κ3) is 2.52. The lowest BCUT2D eigenvalue weighted by Gasteiger charge is -2.35. The van der Waals surface area contributed by atoms with E-state index in [1.165, 1.54) is 18.4 Å². The molecule has 130 valence electrons. The molecule has 0 saturated carbocycles. The molecule has 1 amide bonds. The van der Waals surface area contributed by atoms with Crippen LogP contribution in [0.25, 0.3) is 10.8 Å². The van der Waals surface area contributed by atoms with Crippen LogP contribution in [0.4, 0.5) is 17.3 Å². The Bertz CT molecular complexity index is 978. The summed E-state index contributed by atoms with van der Waals surface area (Å²) in [5.41, 5.74) is 2.35. The molecule has 3 aromatic rings. The lowest BCUT2D eigenvalue weighted by atomic mass is 9.91. The van der Waals surface area contributed by atoms with Crippen molar-refractivity contribution in [1.82, 2.24) is 20.3 Å². The zero-order valence-corrected chi connectivity index (χ0v) is 14.1. The normalized spacial score (nSPS) is 18.8. The summed E-state index contributed by atoms with van der Waals surface area (Å²) >= 11 is 0. The third-order valence-corrected chi connectivity index (χ3v) is 5.05. The summed E-state index contributed by atoms with van der Waals surface area (Å²) in [5, 5.41) is 8.44. The van der Waals surface area contributed by atoms with Crippen LogP contribution in [0, 0.1) is 0 Å². The maximum Gasteiger partial charge on any atom is 0.222 e. The van der Waals surface area contributed by atoms with Crippen molar-refractivity contribution in [2.45, 2.75) is 18.9 Å². The Balaban J connectivity index is 1.59. The molecule has 2 aliphatic rings. The first-order chi connectivity index (χ1) is 12.8. The molecule has 0 spiro atoms. The summed E-state index contributed by atoms with van der Waals surface area (Å²) < 4.78 is 0. The first kappa shape index (κ1) is 15.1. The first-order valence-corrected chi connectivity index (χ1v) is 8.78. The van der Waals surface area contributed by atoms with E-state index in [-0.39, 0.29) is 11.9 Å². The molecule has 2 saturated heterocycles. The van der Waals surface area contributed by atoms with Gasteiger partial charge in [-0.05, 0) is 35.6 Å². The highest BCUT2D eigenvalue weighted by Gasteiger charge is 2.29. The van der Waals surface area contributed by atoms with Gasteiger partial charge in [-0.2, -0.15) is 0 Å². The number of carbonyl (C=O) groups is 1. The van der Waals surface area contributed by atoms with Gasteiger partial charge in [0.1, 0.15) is 18.0 Å². The summed E-state index contributed by atoms with van der Waals surface area (Å²) in [4.78, 5) is 26.5. The van der Waals surface area contributed by atoms with E-state index in [4.69, 9.17) is 0 Å². The smallest absolute Gasteiger partial charge is 0.222 e. The molecule has 2 aromatic heterocycles. The van der Waals surface area contributed by atoms with E-state index in [0.29, 0.717) is 12.2 Å². The molecule has 1 unspecified atom stereocenters. The largest absolute Gasteiger partial charge is 0.371 e. The summed E-state index contributed by atoms with van der Waals surface area (Å²) in [6, 6.07) is 8.20. The minimum atomic E-state index is 0.0738. The molecule has 2 aliphatic heterocycles. The van der Waals surface area contributed by atoms with Crippen LogP contribution in [0.3, 0.4) is 0 Å². The topological polar surface area (TPSA) is 83.0 Å². The molecule has 1 atom stereocenters. The van der Waals surface area contributed by atoms with E-state index in [1.807, 2.05) is 12.3 Å². The number of benzene rings is 1. The minimum Gasteiger partial charge on any atom is -0.371 e. The van der Waals surface area contributed by atoms with E-state index in [2.05, 4.69) is 42.6 Å². The van der Waals surface area contributed by atoms with Crippen molar-refractivity contribution in [3.8, 4) is 0 Å². The number of pyridine rings is 1. The second-order valence-electron chi connectivity index (χ2n) is 6.67. The molecule has 2 fully saturated rings. The predicted molar refractivity (Wildman–Crippen MR) is 99.4 cm³/mol. The van der Waals surface area contributed by atoms with E-state index in [1.54, 1.807) is 12.3 Å². The molecular formula is C19H18N6O. The fourth-order valence-electron chi connectivity index (χ4n) is 3.49. The Morgan fingerprint density at radius 1 is 1.12 bits per heavy atom. The summed E-state index contributed by atoms with van der Waals surface area (Å²) in [5.74, 6) is 1.52. The molecular weight excluding hydrogens is 328 g/mol. The van der Waals surface area contributed by atoms with Crippen LogP contribution in [-0.2, 0) is 4.79 Å². The van der Waals surface area contributed by atoms with Gasteiger partial charge in [-0.3, -0.25) is 4.79 Å². The third-order valence-electron chi connectivity index (χ3n) is 5.05. The Morgan fingerprint density at radius 2 is 2.00 bits per heavy atom. The number of amides is 1. The monoisotopic (exact) mass is 346 g/mol. The second-order valence-corrected chi connectivity index (χ2v) is 6.67. The molecule has 0 radical (unpaired) electrons. The van der Waals surface area contributed by atoms with Gasteiger partial charge in [-0.15, -0.1) is 0 Å². The quantitative estimate of drug-likeness (QED) is 0.707. The molecule has 7 heteroatoms. The van der Waals surface area contributed by atoms with Crippen LogP contribution in [-0.4, -0.2) is 33.9 Å². The van der Waals surface area contributed by atoms with Crippen molar-refractivity contribution in [1.29, 1.82) is 0 Å². The lowest BCUT2D eigenvalue weighted by molar-refractivity contribution is -0.128. The van der Waals surface area contributed by atoms with Crippen molar-refractivity contribution in [2.75, 3.05) is 23.3 Å². The van der Waals surface area contributed by atoms with Crippen LogP contribution >= 0.6 is 0 Å². The number of rotatable bonds is 4. The van der Waals surface area contributed by atoms with Crippen LogP contribution in [0.2, 0.25) is 0 Å². The number of fused-ring (bicyclic) bond motifs is 1. The van der Waals surface area contributed by atoms with Crippen molar-refractivity contribution in [2.24, 2.45) is 0 Å². The zero-order chi connectivity index (χ0) is 17.5. The Labute approximate surface area is 150 Å². The number of anilines is 3. The van der Waals surface area contributed by atoms with Gasteiger partial charge >= 0.3 is 0 Å². The fourth-order valence-corrected chi connectivity index (χ4v) is 3.49. The molecule has 1 aromatic carbocycles. The molecule has 0 aliphatic carbocycles. The maximum atomic E-state index is 11.4. The van der Waals surface area contributed by atoms with Crippen molar-refractivity contribution in [3.63, 3.8) is 0 Å². The Morgan fingerprint density at radius 3 is 2.69 bits per heavy atom. The average molecular weight is 346 g/mol. The number of β-lactam (4-membered cyclic amide) rings is 1. The summed E-state index contributed by atoms with van der Waals surface area (Å²) in [6.45, 7) is 2.16. The van der Waals surface area contributed by atoms with E-state index in [9.17, 15) is 4.79 Å². The number of hydrogen-bond donors (Lipinski definition) is 2. The van der Waals surface area contributed by atoms with Crippen LogP contribution < -0.4 is 15.5 Å². The first-order valence-electron chi connectivity index (χ1n) is 8.78. The van der Waals surface area contributed by atoms with E-state index < -0.39 is 0 Å². The summed E-state index contributed by atoms with van der Waals surface area (Å²) in [6.07, 6.45) is 6.86. The fraction of sp³-hybridized carbons (Fsp3) is 0.263. The van der Waals surface area contributed by atoms with Gasteiger partial charge in [0.15, 0.2) is 0 Å². The van der Waals surface area contributed by atoms with Crippen LogP contribution in [0.5, 0.6) is 0 Å². The van der Waals surface area contributed by atoms with Crippen LogP contribution in [0.1, 0.15) is 24.4 Å². The number of nitrogens with zero attached hydrogens (tertiary/aromatic N) is 4. The van der Waals surface area contributed by atoms with Crippen LogP contribution in [0.15, 0.2) is 43.0 Å². The SMILES string of the molecule is O=C1CC(c2ccc(N3CCC3)c3cnc(Nc4ccncn4)cc23)N1. The number of nitrogens with one attached hydrogen (secondary N) is 2. The van der Waals surface area contributed by atoms with Gasteiger partial charge in [-0.25, -0.2) is 15.0 Å².